The highest BCUT2D eigenvalue weighted by Gasteiger charge is 1.90. The van der Waals surface area contributed by atoms with Crippen LogP contribution in [-0.2, 0) is 0 Å². The number of nitrogens with two attached hydrogens (primary N) is 2. The summed E-state index contributed by atoms with van der Waals surface area (Å²) in [5.74, 6) is 0. The summed E-state index contributed by atoms with van der Waals surface area (Å²) in [5, 5.41) is 0. The van der Waals surface area contributed by atoms with Gasteiger partial charge in [-0.3, -0.25) is 0 Å². The minimum absolute atomic E-state index is 0.612. The summed E-state index contributed by atoms with van der Waals surface area (Å²) < 4.78 is 0. The lowest BCUT2D eigenvalue weighted by atomic mass is 10.2. The molecule has 134 valence electrons. The molecule has 0 saturated heterocycles. The molecule has 0 saturated carbocycles. The fourth-order valence-electron chi connectivity index (χ4n) is 0.727. The van der Waals surface area contributed by atoms with Crippen LogP contribution in [0, 0.1) is 0 Å². The Hall–Kier alpha value is -1.44. The molecule has 0 aromatic heterocycles. The standard InChI is InChI=1S/C8H10N2.C4H10.4C2H6/c9-6-8(10)7-4-2-1-3-5-7;1-3-4-2;4*1-2/h1-6H,9-10H2;3-4H2,1-2H3;4*1-2H3/b8-6-;;;;;. The molecule has 2 nitrogen and oxygen atoms in total. The van der Waals surface area contributed by atoms with Crippen LogP contribution in [0.25, 0.3) is 5.70 Å². The molecule has 0 aliphatic heterocycles. The van der Waals surface area contributed by atoms with Gasteiger partial charge in [-0.25, -0.2) is 0 Å². The van der Waals surface area contributed by atoms with Gasteiger partial charge in [0.25, 0.3) is 0 Å². The molecule has 0 radical (unpaired) electrons. The Kier molecular flexibility index (Phi) is 63.1. The molecule has 1 aromatic rings. The normalized spacial score (nSPS) is 7.64. The molecule has 0 spiro atoms. The Labute approximate surface area is 142 Å². The highest BCUT2D eigenvalue weighted by atomic mass is 14.6. The second kappa shape index (κ2) is 42.7. The highest BCUT2D eigenvalue weighted by Crippen LogP contribution is 2.04. The average molecular weight is 313 g/mol. The molecule has 0 unspecified atom stereocenters. The van der Waals surface area contributed by atoms with E-state index in [4.69, 9.17) is 11.5 Å². The average Bonchev–Trinajstić information content (AvgIpc) is 2.68. The summed E-state index contributed by atoms with van der Waals surface area (Å²) in [6.45, 7) is 20.4. The van der Waals surface area contributed by atoms with Crippen LogP contribution in [0.1, 0.15) is 87.6 Å². The fourth-order valence-corrected chi connectivity index (χ4v) is 0.727. The van der Waals surface area contributed by atoms with E-state index in [1.165, 1.54) is 19.0 Å². The summed E-state index contributed by atoms with van der Waals surface area (Å²) in [7, 11) is 0. The van der Waals surface area contributed by atoms with Crippen LogP contribution >= 0.6 is 0 Å². The summed E-state index contributed by atoms with van der Waals surface area (Å²) in [6.07, 6.45) is 4.04. The van der Waals surface area contributed by atoms with Gasteiger partial charge in [-0.05, 0) is 5.56 Å². The molecule has 0 fully saturated rings. The summed E-state index contributed by atoms with van der Waals surface area (Å²) >= 11 is 0. The third-order valence-electron chi connectivity index (χ3n) is 1.79. The second-order valence-electron chi connectivity index (χ2n) is 2.99. The molecule has 1 aromatic carbocycles. The van der Waals surface area contributed by atoms with Gasteiger partial charge in [0.1, 0.15) is 0 Å². The maximum absolute atomic E-state index is 5.53. The van der Waals surface area contributed by atoms with Crippen molar-refractivity contribution >= 4 is 5.70 Å². The van der Waals surface area contributed by atoms with Gasteiger partial charge < -0.3 is 11.5 Å². The van der Waals surface area contributed by atoms with E-state index in [-0.39, 0.29) is 0 Å². The summed E-state index contributed by atoms with van der Waals surface area (Å²) in [4.78, 5) is 0. The minimum Gasteiger partial charge on any atom is -0.403 e. The Morgan fingerprint density at radius 1 is 0.773 bits per heavy atom. The predicted octanol–water partition coefficient (Wildman–Crippen LogP) is 6.81. The van der Waals surface area contributed by atoms with Gasteiger partial charge in [-0.15, -0.1) is 0 Å². The van der Waals surface area contributed by atoms with Gasteiger partial charge in [-0.1, -0.05) is 112 Å². The van der Waals surface area contributed by atoms with Crippen molar-refractivity contribution in [2.45, 2.75) is 82.1 Å². The lowest BCUT2D eigenvalue weighted by Crippen LogP contribution is -1.98. The van der Waals surface area contributed by atoms with E-state index in [1.54, 1.807) is 0 Å². The largest absolute Gasteiger partial charge is 0.403 e. The predicted molar refractivity (Wildman–Crippen MR) is 109 cm³/mol. The highest BCUT2D eigenvalue weighted by molar-refractivity contribution is 5.61. The van der Waals surface area contributed by atoms with Crippen LogP contribution in [0.15, 0.2) is 36.5 Å². The quantitative estimate of drug-likeness (QED) is 0.630. The van der Waals surface area contributed by atoms with Crippen molar-refractivity contribution in [3.63, 3.8) is 0 Å². The van der Waals surface area contributed by atoms with Crippen molar-refractivity contribution in [2.75, 3.05) is 0 Å². The lowest BCUT2D eigenvalue weighted by Gasteiger charge is -1.97. The van der Waals surface area contributed by atoms with Crippen molar-refractivity contribution < 1.29 is 0 Å². The number of hydrogen-bond acceptors (Lipinski definition) is 2. The van der Waals surface area contributed by atoms with Gasteiger partial charge in [0.2, 0.25) is 0 Å². The molecule has 0 aliphatic carbocycles. The van der Waals surface area contributed by atoms with Crippen LogP contribution in [-0.4, -0.2) is 0 Å². The molecule has 1 rings (SSSR count). The first-order chi connectivity index (χ1) is 10.8. The van der Waals surface area contributed by atoms with E-state index in [9.17, 15) is 0 Å². The Morgan fingerprint density at radius 2 is 1.09 bits per heavy atom. The third-order valence-corrected chi connectivity index (χ3v) is 1.79. The van der Waals surface area contributed by atoms with Crippen molar-refractivity contribution in [2.24, 2.45) is 11.5 Å². The smallest absolute Gasteiger partial charge is 0.0545 e. The first-order valence-corrected chi connectivity index (χ1v) is 8.99. The van der Waals surface area contributed by atoms with Gasteiger partial charge in [0.05, 0.1) is 5.70 Å². The van der Waals surface area contributed by atoms with E-state index < -0.39 is 0 Å². The summed E-state index contributed by atoms with van der Waals surface area (Å²) in [5.41, 5.74) is 12.3. The Bertz CT molecular complexity index is 252. The van der Waals surface area contributed by atoms with Crippen LogP contribution in [0.4, 0.5) is 0 Å². The molecule has 0 amide bonds. The van der Waals surface area contributed by atoms with Crippen LogP contribution in [0.5, 0.6) is 0 Å². The Morgan fingerprint density at radius 3 is 1.32 bits per heavy atom. The van der Waals surface area contributed by atoms with E-state index in [0.717, 1.165) is 5.56 Å². The molecule has 4 N–H and O–H groups in total. The van der Waals surface area contributed by atoms with Gasteiger partial charge in [0, 0.05) is 6.20 Å². The first kappa shape index (κ1) is 32.5. The molecular formula is C20H44N2. The maximum Gasteiger partial charge on any atom is 0.0545 e. The van der Waals surface area contributed by atoms with Gasteiger partial charge in [-0.2, -0.15) is 0 Å². The number of hydrogen-bond donors (Lipinski definition) is 2. The molecular weight excluding hydrogens is 268 g/mol. The van der Waals surface area contributed by atoms with Crippen molar-refractivity contribution in [1.29, 1.82) is 0 Å². The molecule has 0 heterocycles. The van der Waals surface area contributed by atoms with Crippen molar-refractivity contribution in [1.82, 2.24) is 0 Å². The van der Waals surface area contributed by atoms with Crippen LogP contribution < -0.4 is 11.5 Å². The zero-order valence-corrected chi connectivity index (χ0v) is 17.0. The third kappa shape index (κ3) is 31.1. The van der Waals surface area contributed by atoms with Gasteiger partial charge in [0.15, 0.2) is 0 Å². The molecule has 2 heteroatoms. The fraction of sp³-hybridized carbons (Fsp3) is 0.600. The first-order valence-electron chi connectivity index (χ1n) is 8.99. The number of rotatable bonds is 2. The molecule has 0 aliphatic rings. The zero-order chi connectivity index (χ0) is 18.8. The minimum atomic E-state index is 0.612. The second-order valence-corrected chi connectivity index (χ2v) is 2.99. The molecule has 22 heavy (non-hydrogen) atoms. The van der Waals surface area contributed by atoms with Gasteiger partial charge >= 0.3 is 0 Å². The van der Waals surface area contributed by atoms with Crippen molar-refractivity contribution in [3.8, 4) is 0 Å². The molecule has 0 bridgehead atoms. The van der Waals surface area contributed by atoms with Crippen molar-refractivity contribution in [3.05, 3.63) is 42.1 Å². The summed E-state index contributed by atoms with van der Waals surface area (Å²) in [6, 6.07) is 9.61. The topological polar surface area (TPSA) is 52.0 Å². The van der Waals surface area contributed by atoms with Crippen LogP contribution in [0.3, 0.4) is 0 Å². The van der Waals surface area contributed by atoms with Crippen LogP contribution in [0.2, 0.25) is 0 Å². The van der Waals surface area contributed by atoms with E-state index in [1.807, 2.05) is 85.7 Å². The number of unbranched alkanes of at least 4 members (excludes halogenated alkanes) is 1. The molecule has 0 atom stereocenters. The van der Waals surface area contributed by atoms with E-state index >= 15 is 0 Å². The maximum atomic E-state index is 5.53. The SMILES string of the molecule is CC.CC.CC.CC.CCCC.N/C=C(\N)c1ccccc1. The Balaban J connectivity index is -0.0000000680. The monoisotopic (exact) mass is 312 g/mol. The lowest BCUT2D eigenvalue weighted by molar-refractivity contribution is 0.886. The van der Waals surface area contributed by atoms with E-state index in [0.29, 0.717) is 5.70 Å². The number of benzene rings is 1. The van der Waals surface area contributed by atoms with E-state index in [2.05, 4.69) is 13.8 Å². The zero-order valence-electron chi connectivity index (χ0n) is 17.0.